The molecule has 15 heavy (non-hydrogen) atoms. The number of carbonyl (C=O) groups is 1. The van der Waals surface area contributed by atoms with Crippen molar-refractivity contribution in [1.82, 2.24) is 5.32 Å². The summed E-state index contributed by atoms with van der Waals surface area (Å²) in [5.41, 5.74) is 6.29. The van der Waals surface area contributed by atoms with Crippen LogP contribution in [0, 0.1) is 5.41 Å². The molecule has 4 nitrogen and oxygen atoms in total. The highest BCUT2D eigenvalue weighted by Gasteiger charge is 1.98. The van der Waals surface area contributed by atoms with Crippen LogP contribution >= 0.6 is 0 Å². The Kier molecular flexibility index (Phi) is 4.09. The van der Waals surface area contributed by atoms with Gasteiger partial charge in [0.1, 0.15) is 0 Å². The van der Waals surface area contributed by atoms with Crippen LogP contribution in [0.15, 0.2) is 42.1 Å². The summed E-state index contributed by atoms with van der Waals surface area (Å²) in [7, 11) is 0. The van der Waals surface area contributed by atoms with Gasteiger partial charge in [0, 0.05) is 19.0 Å². The molecule has 1 aromatic carbocycles. The van der Waals surface area contributed by atoms with Gasteiger partial charge in [0.15, 0.2) is 0 Å². The van der Waals surface area contributed by atoms with E-state index in [4.69, 9.17) is 11.1 Å². The van der Waals surface area contributed by atoms with Crippen molar-refractivity contribution in [3.8, 4) is 0 Å². The van der Waals surface area contributed by atoms with E-state index in [0.29, 0.717) is 6.54 Å². The monoisotopic (exact) mass is 203 g/mol. The number of hydrogen-bond acceptors (Lipinski definition) is 3. The Balaban J connectivity index is 2.51. The third-order valence-corrected chi connectivity index (χ3v) is 1.85. The predicted octanol–water partition coefficient (Wildman–Crippen LogP) is 0.795. The predicted molar refractivity (Wildman–Crippen MR) is 59.3 cm³/mol. The van der Waals surface area contributed by atoms with Crippen molar-refractivity contribution in [3.05, 3.63) is 47.7 Å². The third kappa shape index (κ3) is 3.64. The van der Waals surface area contributed by atoms with Crippen LogP contribution in [-0.4, -0.2) is 12.1 Å². The van der Waals surface area contributed by atoms with Crippen LogP contribution in [0.3, 0.4) is 0 Å². The molecule has 4 heteroatoms. The number of nitrogens with two attached hydrogens (primary N) is 1. The molecule has 0 atom stereocenters. The average Bonchev–Trinajstić information content (AvgIpc) is 2.25. The Morgan fingerprint density at radius 3 is 2.60 bits per heavy atom. The number of amides is 1. The lowest BCUT2D eigenvalue weighted by Crippen LogP contribution is -2.17. The van der Waals surface area contributed by atoms with Crippen molar-refractivity contribution in [2.75, 3.05) is 0 Å². The second-order valence-corrected chi connectivity index (χ2v) is 2.97. The SMILES string of the molecule is N=C/C(=C\NCc1ccccc1)C(N)=O. The molecule has 0 aliphatic heterocycles. The quantitative estimate of drug-likeness (QED) is 0.488. The zero-order valence-electron chi connectivity index (χ0n) is 8.23. The molecule has 0 aromatic heterocycles. The van der Waals surface area contributed by atoms with Crippen molar-refractivity contribution in [2.24, 2.45) is 5.73 Å². The summed E-state index contributed by atoms with van der Waals surface area (Å²) in [6, 6.07) is 9.74. The molecule has 1 rings (SSSR count). The van der Waals surface area contributed by atoms with E-state index < -0.39 is 5.91 Å². The first-order valence-electron chi connectivity index (χ1n) is 4.52. The molecule has 0 radical (unpaired) electrons. The van der Waals surface area contributed by atoms with Crippen LogP contribution in [0.2, 0.25) is 0 Å². The summed E-state index contributed by atoms with van der Waals surface area (Å²) in [5, 5.41) is 9.86. The van der Waals surface area contributed by atoms with Gasteiger partial charge in [-0.2, -0.15) is 0 Å². The van der Waals surface area contributed by atoms with E-state index in [9.17, 15) is 4.79 Å². The number of hydrogen-bond donors (Lipinski definition) is 3. The summed E-state index contributed by atoms with van der Waals surface area (Å²) in [6.45, 7) is 0.603. The van der Waals surface area contributed by atoms with Gasteiger partial charge in [0.2, 0.25) is 0 Å². The lowest BCUT2D eigenvalue weighted by molar-refractivity contribution is -0.114. The van der Waals surface area contributed by atoms with Gasteiger partial charge >= 0.3 is 0 Å². The standard InChI is InChI=1S/C11H13N3O/c12-6-10(11(13)15)8-14-7-9-4-2-1-3-5-9/h1-6,8,12,14H,7H2,(H2,13,15)/b10-8+,12-6?. The molecule has 0 bridgehead atoms. The van der Waals surface area contributed by atoms with E-state index in [1.807, 2.05) is 30.3 Å². The molecule has 0 fully saturated rings. The largest absolute Gasteiger partial charge is 0.386 e. The molecular weight excluding hydrogens is 190 g/mol. The molecule has 78 valence electrons. The average molecular weight is 203 g/mol. The van der Waals surface area contributed by atoms with Crippen LogP contribution in [-0.2, 0) is 11.3 Å². The van der Waals surface area contributed by atoms with Gasteiger partial charge in [0.25, 0.3) is 5.91 Å². The Hall–Kier alpha value is -2.10. The molecule has 0 aliphatic rings. The molecule has 0 spiro atoms. The summed E-state index contributed by atoms with van der Waals surface area (Å²) in [5.74, 6) is -0.606. The topological polar surface area (TPSA) is 79.0 Å². The first-order chi connectivity index (χ1) is 7.24. The van der Waals surface area contributed by atoms with Gasteiger partial charge < -0.3 is 16.5 Å². The minimum absolute atomic E-state index is 0.158. The molecule has 1 amide bonds. The van der Waals surface area contributed by atoms with E-state index >= 15 is 0 Å². The van der Waals surface area contributed by atoms with Crippen LogP contribution in [0.5, 0.6) is 0 Å². The molecule has 4 N–H and O–H groups in total. The lowest BCUT2D eigenvalue weighted by Gasteiger charge is -2.01. The highest BCUT2D eigenvalue weighted by Crippen LogP contribution is 1.97. The van der Waals surface area contributed by atoms with Crippen LogP contribution in [0.25, 0.3) is 0 Å². The molecule has 0 saturated carbocycles. The smallest absolute Gasteiger partial charge is 0.251 e. The molecule has 1 aromatic rings. The van der Waals surface area contributed by atoms with Gasteiger partial charge in [-0.1, -0.05) is 30.3 Å². The molecular formula is C11H13N3O. The maximum Gasteiger partial charge on any atom is 0.251 e. The molecule has 0 unspecified atom stereocenters. The maximum atomic E-state index is 10.7. The molecule has 0 saturated heterocycles. The van der Waals surface area contributed by atoms with Crippen LogP contribution in [0.4, 0.5) is 0 Å². The third-order valence-electron chi connectivity index (χ3n) is 1.85. The first-order valence-corrected chi connectivity index (χ1v) is 4.52. The number of benzene rings is 1. The normalized spacial score (nSPS) is 10.8. The van der Waals surface area contributed by atoms with E-state index in [-0.39, 0.29) is 5.57 Å². The molecule has 0 heterocycles. The van der Waals surface area contributed by atoms with Crippen molar-refractivity contribution < 1.29 is 4.79 Å². The fourth-order valence-corrected chi connectivity index (χ4v) is 1.06. The van der Waals surface area contributed by atoms with Crippen LogP contribution < -0.4 is 11.1 Å². The lowest BCUT2D eigenvalue weighted by atomic mass is 10.2. The zero-order valence-corrected chi connectivity index (χ0v) is 8.23. The number of carbonyl (C=O) groups excluding carboxylic acids is 1. The minimum Gasteiger partial charge on any atom is -0.386 e. The van der Waals surface area contributed by atoms with Gasteiger partial charge in [0.05, 0.1) is 5.57 Å². The summed E-state index contributed by atoms with van der Waals surface area (Å²) in [4.78, 5) is 10.7. The van der Waals surface area contributed by atoms with Gasteiger partial charge in [-0.15, -0.1) is 0 Å². The van der Waals surface area contributed by atoms with Crippen molar-refractivity contribution in [3.63, 3.8) is 0 Å². The Labute approximate surface area is 88.3 Å². The Morgan fingerprint density at radius 1 is 1.40 bits per heavy atom. The van der Waals surface area contributed by atoms with Gasteiger partial charge in [-0.25, -0.2) is 0 Å². The maximum absolute atomic E-state index is 10.7. The first kappa shape index (κ1) is 11.0. The highest BCUT2D eigenvalue weighted by molar-refractivity contribution is 6.10. The second-order valence-electron chi connectivity index (χ2n) is 2.97. The van der Waals surface area contributed by atoms with E-state index in [2.05, 4.69) is 5.32 Å². The number of primary amides is 1. The highest BCUT2D eigenvalue weighted by atomic mass is 16.1. The molecule has 0 aliphatic carbocycles. The number of rotatable bonds is 5. The van der Waals surface area contributed by atoms with E-state index in [1.54, 1.807) is 0 Å². The fraction of sp³-hybridized carbons (Fsp3) is 0.0909. The zero-order chi connectivity index (χ0) is 11.1. The summed E-state index contributed by atoms with van der Waals surface area (Å²) >= 11 is 0. The number of nitrogens with one attached hydrogen (secondary N) is 2. The van der Waals surface area contributed by atoms with E-state index in [0.717, 1.165) is 11.8 Å². The van der Waals surface area contributed by atoms with Crippen LogP contribution in [0.1, 0.15) is 5.56 Å². The Bertz CT molecular complexity index is 371. The summed E-state index contributed by atoms with van der Waals surface area (Å²) in [6.07, 6.45) is 2.38. The van der Waals surface area contributed by atoms with Gasteiger partial charge in [-0.3, -0.25) is 4.79 Å². The fourth-order valence-electron chi connectivity index (χ4n) is 1.06. The van der Waals surface area contributed by atoms with E-state index in [1.165, 1.54) is 6.20 Å². The van der Waals surface area contributed by atoms with Crippen molar-refractivity contribution in [1.29, 1.82) is 5.41 Å². The van der Waals surface area contributed by atoms with Gasteiger partial charge in [-0.05, 0) is 5.56 Å². The van der Waals surface area contributed by atoms with Crippen molar-refractivity contribution in [2.45, 2.75) is 6.54 Å². The second kappa shape index (κ2) is 5.59. The Morgan fingerprint density at radius 2 is 2.07 bits per heavy atom. The summed E-state index contributed by atoms with van der Waals surface area (Å²) < 4.78 is 0. The minimum atomic E-state index is -0.606. The van der Waals surface area contributed by atoms with Crippen molar-refractivity contribution >= 4 is 12.1 Å².